The Morgan fingerprint density at radius 1 is 1.50 bits per heavy atom. The number of esters is 1. The zero-order valence-corrected chi connectivity index (χ0v) is 12.0. The fraction of sp³-hybridized carbons (Fsp3) is 0.167. The minimum absolute atomic E-state index is 0.142. The van der Waals surface area contributed by atoms with Crippen molar-refractivity contribution in [2.24, 2.45) is 0 Å². The number of aromatic nitrogens is 4. The molecule has 0 spiro atoms. The first-order valence-electron chi connectivity index (χ1n) is 5.82. The zero-order valence-electron chi connectivity index (χ0n) is 10.4. The number of halogens is 1. The van der Waals surface area contributed by atoms with Crippen molar-refractivity contribution in [3.8, 4) is 5.82 Å². The fourth-order valence-electron chi connectivity index (χ4n) is 1.75. The Hall–Kier alpha value is -1.99. The number of ether oxygens (including phenoxy) is 1. The monoisotopic (exact) mass is 308 g/mol. The van der Waals surface area contributed by atoms with E-state index < -0.39 is 5.97 Å². The maximum absolute atomic E-state index is 11.6. The maximum atomic E-state index is 11.6. The van der Waals surface area contributed by atoms with Crippen LogP contribution in [0, 0.1) is 0 Å². The molecule has 0 radical (unpaired) electrons. The van der Waals surface area contributed by atoms with Crippen LogP contribution >= 0.6 is 22.9 Å². The lowest BCUT2D eigenvalue weighted by Gasteiger charge is -2.02. The van der Waals surface area contributed by atoms with Crippen LogP contribution in [0.5, 0.6) is 0 Å². The van der Waals surface area contributed by atoms with E-state index in [9.17, 15) is 4.79 Å². The highest BCUT2D eigenvalue weighted by Crippen LogP contribution is 2.25. The number of carbonyl (C=O) groups excluding carboxylic acids is 1. The molecule has 3 heterocycles. The minimum Gasteiger partial charge on any atom is -0.462 e. The third-order valence-corrected chi connectivity index (χ3v) is 3.56. The van der Waals surface area contributed by atoms with Gasteiger partial charge in [0.15, 0.2) is 5.82 Å². The highest BCUT2D eigenvalue weighted by atomic mass is 35.5. The smallest absolute Gasteiger partial charge is 0.341 e. The molecule has 0 aromatic carbocycles. The quantitative estimate of drug-likeness (QED) is 0.549. The molecule has 0 aliphatic rings. The number of hydrogen-bond acceptors (Lipinski definition) is 6. The first-order valence-corrected chi connectivity index (χ1v) is 7.07. The zero-order chi connectivity index (χ0) is 14.1. The van der Waals surface area contributed by atoms with Gasteiger partial charge in [-0.1, -0.05) is 0 Å². The maximum Gasteiger partial charge on any atom is 0.341 e. The van der Waals surface area contributed by atoms with Gasteiger partial charge in [-0.3, -0.25) is 0 Å². The van der Waals surface area contributed by atoms with E-state index in [4.69, 9.17) is 16.3 Å². The molecule has 0 saturated heterocycles. The van der Waals surface area contributed by atoms with E-state index in [2.05, 4.69) is 15.1 Å². The van der Waals surface area contributed by atoms with Gasteiger partial charge in [-0.05, 0) is 30.0 Å². The number of fused-ring (bicyclic) bond motifs is 1. The lowest BCUT2D eigenvalue weighted by Crippen LogP contribution is -2.03. The third kappa shape index (κ3) is 2.25. The van der Waals surface area contributed by atoms with Gasteiger partial charge in [-0.2, -0.15) is 10.1 Å². The van der Waals surface area contributed by atoms with Gasteiger partial charge in [-0.15, -0.1) is 11.3 Å². The molecule has 0 unspecified atom stereocenters. The van der Waals surface area contributed by atoms with E-state index in [-0.39, 0.29) is 5.28 Å². The Labute approximate surface area is 123 Å². The fourth-order valence-corrected chi connectivity index (χ4v) is 2.72. The standard InChI is InChI=1S/C12H9ClN4O2S/c1-2-19-11(18)7-5-14-17(6-7)9-8-3-4-20-10(8)16-12(13)15-9/h3-6H,2H2,1H3. The van der Waals surface area contributed by atoms with Crippen LogP contribution in [0.25, 0.3) is 16.0 Å². The number of nitrogens with zero attached hydrogens (tertiary/aromatic N) is 4. The lowest BCUT2D eigenvalue weighted by molar-refractivity contribution is 0.0526. The van der Waals surface area contributed by atoms with Crippen LogP contribution in [-0.4, -0.2) is 32.3 Å². The molecule has 0 amide bonds. The highest BCUT2D eigenvalue weighted by molar-refractivity contribution is 7.16. The van der Waals surface area contributed by atoms with Gasteiger partial charge in [0.25, 0.3) is 0 Å². The van der Waals surface area contributed by atoms with Gasteiger partial charge in [-0.25, -0.2) is 14.5 Å². The minimum atomic E-state index is -0.416. The summed E-state index contributed by atoms with van der Waals surface area (Å²) < 4.78 is 6.42. The van der Waals surface area contributed by atoms with Crippen molar-refractivity contribution in [3.05, 3.63) is 34.7 Å². The molecule has 0 aliphatic heterocycles. The van der Waals surface area contributed by atoms with Gasteiger partial charge in [0.05, 0.1) is 23.8 Å². The second-order valence-electron chi connectivity index (χ2n) is 3.85. The van der Waals surface area contributed by atoms with E-state index in [1.165, 1.54) is 22.2 Å². The van der Waals surface area contributed by atoms with Crippen LogP contribution in [0.2, 0.25) is 5.28 Å². The Balaban J connectivity index is 2.07. The normalized spacial score (nSPS) is 10.9. The SMILES string of the molecule is CCOC(=O)c1cnn(-c2nc(Cl)nc3sccc23)c1. The summed E-state index contributed by atoms with van der Waals surface area (Å²) in [6, 6.07) is 1.89. The van der Waals surface area contributed by atoms with Gasteiger partial charge in [0, 0.05) is 6.20 Å². The van der Waals surface area contributed by atoms with E-state index >= 15 is 0 Å². The van der Waals surface area contributed by atoms with Crippen LogP contribution < -0.4 is 0 Å². The first-order chi connectivity index (χ1) is 9.69. The van der Waals surface area contributed by atoms with Crippen molar-refractivity contribution in [3.63, 3.8) is 0 Å². The molecule has 6 nitrogen and oxygen atoms in total. The molecule has 102 valence electrons. The highest BCUT2D eigenvalue weighted by Gasteiger charge is 2.14. The average Bonchev–Trinajstić information content (AvgIpc) is 3.06. The summed E-state index contributed by atoms with van der Waals surface area (Å²) in [6.07, 6.45) is 3.00. The summed E-state index contributed by atoms with van der Waals surface area (Å²) in [6.45, 7) is 2.07. The molecule has 0 bridgehead atoms. The van der Waals surface area contributed by atoms with Crippen molar-refractivity contribution in [2.75, 3.05) is 6.61 Å². The Morgan fingerprint density at radius 2 is 2.35 bits per heavy atom. The summed E-state index contributed by atoms with van der Waals surface area (Å²) in [5.74, 6) is 0.122. The molecule has 3 aromatic rings. The number of rotatable bonds is 3. The first kappa shape index (κ1) is 13.0. The largest absolute Gasteiger partial charge is 0.462 e. The van der Waals surface area contributed by atoms with Crippen molar-refractivity contribution >= 4 is 39.1 Å². The van der Waals surface area contributed by atoms with Crippen molar-refractivity contribution in [1.82, 2.24) is 19.7 Å². The van der Waals surface area contributed by atoms with E-state index in [0.29, 0.717) is 18.0 Å². The molecular formula is C12H9ClN4O2S. The van der Waals surface area contributed by atoms with E-state index in [0.717, 1.165) is 10.2 Å². The predicted octanol–water partition coefficient (Wildman–Crippen LogP) is 2.71. The third-order valence-electron chi connectivity index (χ3n) is 2.59. The molecular weight excluding hydrogens is 300 g/mol. The van der Waals surface area contributed by atoms with Gasteiger partial charge in [0.1, 0.15) is 4.83 Å². The molecule has 0 saturated carbocycles. The van der Waals surface area contributed by atoms with Gasteiger partial charge in [0.2, 0.25) is 5.28 Å². The van der Waals surface area contributed by atoms with Gasteiger partial charge < -0.3 is 4.74 Å². The van der Waals surface area contributed by atoms with Gasteiger partial charge >= 0.3 is 5.97 Å². The molecule has 0 atom stereocenters. The Kier molecular flexibility index (Phi) is 3.37. The number of thiophene rings is 1. The summed E-state index contributed by atoms with van der Waals surface area (Å²) in [4.78, 5) is 20.7. The number of hydrogen-bond donors (Lipinski definition) is 0. The molecule has 0 aliphatic carbocycles. The van der Waals surface area contributed by atoms with Crippen LogP contribution in [-0.2, 0) is 4.74 Å². The molecule has 20 heavy (non-hydrogen) atoms. The van der Waals surface area contributed by atoms with E-state index in [1.807, 2.05) is 11.4 Å². The van der Waals surface area contributed by atoms with E-state index in [1.54, 1.807) is 13.1 Å². The second kappa shape index (κ2) is 5.18. The second-order valence-corrected chi connectivity index (χ2v) is 5.08. The molecule has 0 fully saturated rings. The summed E-state index contributed by atoms with van der Waals surface area (Å²) >= 11 is 7.36. The molecule has 0 N–H and O–H groups in total. The van der Waals surface area contributed by atoms with Crippen LogP contribution in [0.1, 0.15) is 17.3 Å². The van der Waals surface area contributed by atoms with Crippen molar-refractivity contribution in [1.29, 1.82) is 0 Å². The van der Waals surface area contributed by atoms with Crippen molar-refractivity contribution in [2.45, 2.75) is 6.92 Å². The van der Waals surface area contributed by atoms with Crippen LogP contribution in [0.3, 0.4) is 0 Å². The Morgan fingerprint density at radius 3 is 3.15 bits per heavy atom. The predicted molar refractivity (Wildman–Crippen MR) is 75.5 cm³/mol. The molecule has 3 rings (SSSR count). The number of carbonyl (C=O) groups is 1. The summed E-state index contributed by atoms with van der Waals surface area (Å²) in [5.41, 5.74) is 0.366. The lowest BCUT2D eigenvalue weighted by atomic mass is 10.3. The summed E-state index contributed by atoms with van der Waals surface area (Å²) in [5, 5.41) is 7.00. The summed E-state index contributed by atoms with van der Waals surface area (Å²) in [7, 11) is 0. The Bertz CT molecular complexity index is 783. The topological polar surface area (TPSA) is 69.9 Å². The molecule has 8 heteroatoms. The molecule has 3 aromatic heterocycles. The van der Waals surface area contributed by atoms with Crippen LogP contribution in [0.4, 0.5) is 0 Å². The average molecular weight is 309 g/mol. The van der Waals surface area contributed by atoms with Crippen LogP contribution in [0.15, 0.2) is 23.8 Å². The van der Waals surface area contributed by atoms with Crippen molar-refractivity contribution < 1.29 is 9.53 Å².